The predicted octanol–water partition coefficient (Wildman–Crippen LogP) is 2.48. The molecule has 0 aliphatic heterocycles. The Bertz CT molecular complexity index is 700. The maximum absolute atomic E-state index is 11.6. The van der Waals surface area contributed by atoms with Crippen molar-refractivity contribution in [3.05, 3.63) is 36.5 Å². The Labute approximate surface area is 128 Å². The van der Waals surface area contributed by atoms with Crippen molar-refractivity contribution in [3.63, 3.8) is 0 Å². The highest BCUT2D eigenvalue weighted by Crippen LogP contribution is 2.22. The van der Waals surface area contributed by atoms with Crippen molar-refractivity contribution in [1.82, 2.24) is 4.98 Å². The lowest BCUT2D eigenvalue weighted by Crippen LogP contribution is -2.25. The largest absolute Gasteiger partial charge is 0.483 e. The number of benzene rings is 1. The van der Waals surface area contributed by atoms with Crippen LogP contribution >= 0.6 is 0 Å². The van der Waals surface area contributed by atoms with Gasteiger partial charge in [-0.15, -0.1) is 0 Å². The molecular weight excluding hydrogens is 282 g/mol. The number of hydrogen-bond donors (Lipinski definition) is 1. The normalized spacial score (nSPS) is 12.2. The molecule has 1 heterocycles. The molecule has 2 N–H and O–H groups in total. The number of aromatic nitrogens is 1. The molecule has 0 spiro atoms. The van der Waals surface area contributed by atoms with Gasteiger partial charge >= 0.3 is 5.97 Å². The van der Waals surface area contributed by atoms with E-state index in [0.717, 1.165) is 10.9 Å². The summed E-state index contributed by atoms with van der Waals surface area (Å²) >= 11 is 0. The maximum Gasteiger partial charge on any atom is 0.340 e. The average Bonchev–Trinajstić information content (AvgIpc) is 2.49. The molecule has 0 radical (unpaired) electrons. The molecule has 0 amide bonds. The van der Waals surface area contributed by atoms with E-state index in [4.69, 9.17) is 15.3 Å². The molecule has 22 heavy (non-hydrogen) atoms. The van der Waals surface area contributed by atoms with Crippen LogP contribution in [0.2, 0.25) is 0 Å². The number of carbonyl (C=O) groups excluding carboxylic acids is 1. The second kappa shape index (κ2) is 6.43. The van der Waals surface area contributed by atoms with Gasteiger partial charge in [-0.3, -0.25) is 4.98 Å². The van der Waals surface area contributed by atoms with Crippen LogP contribution in [0.5, 0.6) is 5.75 Å². The molecule has 2 aromatic rings. The van der Waals surface area contributed by atoms with Gasteiger partial charge in [-0.1, -0.05) is 23.4 Å². The molecule has 2 rings (SSSR count). The molecule has 0 atom stereocenters. The van der Waals surface area contributed by atoms with Gasteiger partial charge in [0.15, 0.2) is 5.84 Å². The van der Waals surface area contributed by atoms with Crippen LogP contribution in [0.3, 0.4) is 0 Å². The van der Waals surface area contributed by atoms with Gasteiger partial charge in [-0.25, -0.2) is 4.79 Å². The molecule has 0 unspecified atom stereocenters. The van der Waals surface area contributed by atoms with Gasteiger partial charge in [0.25, 0.3) is 0 Å². The minimum atomic E-state index is -0.635. The fourth-order valence-corrected chi connectivity index (χ4v) is 1.61. The number of nitrogens with two attached hydrogens (primary N) is 1. The van der Waals surface area contributed by atoms with E-state index in [9.17, 15) is 4.79 Å². The highest BCUT2D eigenvalue weighted by Gasteiger charge is 2.23. The summed E-state index contributed by atoms with van der Waals surface area (Å²) in [7, 11) is 0. The van der Waals surface area contributed by atoms with E-state index in [0.29, 0.717) is 5.75 Å². The van der Waals surface area contributed by atoms with Gasteiger partial charge in [0.1, 0.15) is 17.9 Å². The van der Waals surface area contributed by atoms with Crippen LogP contribution < -0.4 is 10.5 Å². The molecule has 1 aromatic carbocycles. The predicted molar refractivity (Wildman–Crippen MR) is 84.4 cm³/mol. The number of hydrogen-bond acceptors (Lipinski definition) is 5. The topological polar surface area (TPSA) is 86.8 Å². The number of ether oxygens (including phenoxy) is 1. The molecule has 0 aliphatic carbocycles. The summed E-state index contributed by atoms with van der Waals surface area (Å²) in [4.78, 5) is 20.6. The first-order chi connectivity index (χ1) is 10.4. The van der Waals surface area contributed by atoms with Crippen molar-refractivity contribution >= 4 is 22.7 Å². The van der Waals surface area contributed by atoms with Crippen molar-refractivity contribution in [2.75, 3.05) is 6.61 Å². The number of rotatable bonds is 4. The number of oxime groups is 1. The molecule has 6 nitrogen and oxygen atoms in total. The van der Waals surface area contributed by atoms with Crippen molar-refractivity contribution in [2.24, 2.45) is 16.3 Å². The number of carbonyl (C=O) groups is 1. The highest BCUT2D eigenvalue weighted by atomic mass is 16.7. The SMILES string of the molecule is CC(C)(C)C(=O)O/N=C(\N)COc1cccc2cccnc12. The van der Waals surface area contributed by atoms with Gasteiger partial charge in [0, 0.05) is 11.6 Å². The van der Waals surface area contributed by atoms with Crippen LogP contribution in [0, 0.1) is 5.41 Å². The first-order valence-electron chi connectivity index (χ1n) is 6.88. The molecule has 6 heteroatoms. The zero-order valence-corrected chi connectivity index (χ0v) is 12.9. The Morgan fingerprint density at radius 3 is 2.73 bits per heavy atom. The van der Waals surface area contributed by atoms with Crippen LogP contribution in [0.4, 0.5) is 0 Å². The van der Waals surface area contributed by atoms with E-state index in [1.54, 1.807) is 33.0 Å². The van der Waals surface area contributed by atoms with Gasteiger partial charge < -0.3 is 15.3 Å². The van der Waals surface area contributed by atoms with Crippen LogP contribution in [0.25, 0.3) is 10.9 Å². The molecule has 0 aliphatic rings. The third-order valence-electron chi connectivity index (χ3n) is 2.83. The van der Waals surface area contributed by atoms with Gasteiger partial charge in [-0.05, 0) is 32.9 Å². The lowest BCUT2D eigenvalue weighted by atomic mass is 9.98. The summed E-state index contributed by atoms with van der Waals surface area (Å²) in [5, 5.41) is 4.55. The van der Waals surface area contributed by atoms with Gasteiger partial charge in [0.2, 0.25) is 0 Å². The average molecular weight is 301 g/mol. The van der Waals surface area contributed by atoms with E-state index in [2.05, 4.69) is 10.1 Å². The van der Waals surface area contributed by atoms with Crippen LogP contribution in [0.15, 0.2) is 41.7 Å². The Hall–Kier alpha value is -2.63. The van der Waals surface area contributed by atoms with Crippen molar-refractivity contribution in [3.8, 4) is 5.75 Å². The second-order valence-corrected chi connectivity index (χ2v) is 5.83. The third kappa shape index (κ3) is 3.94. The number of para-hydroxylation sites is 1. The highest BCUT2D eigenvalue weighted by molar-refractivity contribution is 5.86. The lowest BCUT2D eigenvalue weighted by molar-refractivity contribution is -0.152. The summed E-state index contributed by atoms with van der Waals surface area (Å²) < 4.78 is 5.59. The Kier molecular flexibility index (Phi) is 4.60. The fourth-order valence-electron chi connectivity index (χ4n) is 1.61. The van der Waals surface area contributed by atoms with Crippen molar-refractivity contribution in [2.45, 2.75) is 20.8 Å². The molecular formula is C16H19N3O3. The molecule has 116 valence electrons. The fraction of sp³-hybridized carbons (Fsp3) is 0.312. The summed E-state index contributed by atoms with van der Waals surface area (Å²) in [5.41, 5.74) is 5.79. The van der Waals surface area contributed by atoms with Crippen LogP contribution in [-0.2, 0) is 9.63 Å². The first kappa shape index (κ1) is 15.8. The van der Waals surface area contributed by atoms with Crippen LogP contribution in [0.1, 0.15) is 20.8 Å². The number of pyridine rings is 1. The number of fused-ring (bicyclic) bond motifs is 1. The summed E-state index contributed by atoms with van der Waals surface area (Å²) in [6, 6.07) is 9.40. The van der Waals surface area contributed by atoms with E-state index in [1.807, 2.05) is 24.3 Å². The van der Waals surface area contributed by atoms with E-state index in [1.165, 1.54) is 0 Å². The zero-order chi connectivity index (χ0) is 16.2. The summed E-state index contributed by atoms with van der Waals surface area (Å²) in [6.07, 6.45) is 1.69. The second-order valence-electron chi connectivity index (χ2n) is 5.83. The molecule has 0 saturated carbocycles. The zero-order valence-electron chi connectivity index (χ0n) is 12.9. The standard InChI is InChI=1S/C16H19N3O3/c1-16(2,3)15(20)22-19-13(17)10-21-12-8-4-6-11-7-5-9-18-14(11)12/h4-9H,10H2,1-3H3,(H2,17,19). The first-order valence-corrected chi connectivity index (χ1v) is 6.88. The number of nitrogens with zero attached hydrogens (tertiary/aromatic N) is 2. The third-order valence-corrected chi connectivity index (χ3v) is 2.83. The minimum Gasteiger partial charge on any atom is -0.483 e. The summed E-state index contributed by atoms with van der Waals surface area (Å²) in [6.45, 7) is 5.21. The quantitative estimate of drug-likeness (QED) is 0.406. The van der Waals surface area contributed by atoms with Crippen molar-refractivity contribution < 1.29 is 14.4 Å². The molecule has 1 aromatic heterocycles. The lowest BCUT2D eigenvalue weighted by Gasteiger charge is -2.13. The Balaban J connectivity index is 2.01. The minimum absolute atomic E-state index is 0.00705. The summed E-state index contributed by atoms with van der Waals surface area (Å²) in [5.74, 6) is 0.214. The van der Waals surface area contributed by atoms with E-state index < -0.39 is 11.4 Å². The number of amidine groups is 1. The Morgan fingerprint density at radius 2 is 2.00 bits per heavy atom. The maximum atomic E-state index is 11.6. The van der Waals surface area contributed by atoms with Gasteiger partial charge in [0.05, 0.1) is 5.41 Å². The molecule has 0 fully saturated rings. The van der Waals surface area contributed by atoms with Crippen LogP contribution in [-0.4, -0.2) is 23.4 Å². The monoisotopic (exact) mass is 301 g/mol. The van der Waals surface area contributed by atoms with E-state index >= 15 is 0 Å². The molecule has 0 bridgehead atoms. The van der Waals surface area contributed by atoms with E-state index in [-0.39, 0.29) is 12.4 Å². The van der Waals surface area contributed by atoms with Crippen molar-refractivity contribution in [1.29, 1.82) is 0 Å². The Morgan fingerprint density at radius 1 is 1.27 bits per heavy atom. The van der Waals surface area contributed by atoms with Gasteiger partial charge in [-0.2, -0.15) is 0 Å². The smallest absolute Gasteiger partial charge is 0.340 e. The molecule has 0 saturated heterocycles.